The minimum atomic E-state index is 0.281. The van der Waals surface area contributed by atoms with Crippen molar-refractivity contribution in [2.24, 2.45) is 0 Å². The lowest BCUT2D eigenvalue weighted by Crippen LogP contribution is -2.29. The van der Waals surface area contributed by atoms with Crippen molar-refractivity contribution in [1.29, 1.82) is 0 Å². The van der Waals surface area contributed by atoms with Crippen molar-refractivity contribution in [3.63, 3.8) is 0 Å². The van der Waals surface area contributed by atoms with Crippen LogP contribution in [0.1, 0.15) is 35.9 Å². The number of aryl methyl sites for hydroxylation is 1. The molecule has 1 fully saturated rings. The van der Waals surface area contributed by atoms with Gasteiger partial charge < -0.3 is 14.3 Å². The van der Waals surface area contributed by atoms with Crippen molar-refractivity contribution in [3.8, 4) is 11.5 Å². The van der Waals surface area contributed by atoms with Crippen LogP contribution in [0, 0.1) is 0 Å². The molecule has 0 bridgehead atoms. The first-order valence-electron chi connectivity index (χ1n) is 10.1. The van der Waals surface area contributed by atoms with E-state index in [0.29, 0.717) is 34.0 Å². The van der Waals surface area contributed by atoms with Crippen LogP contribution < -0.4 is 4.90 Å². The largest absolute Gasteiger partial charge is 0.366 e. The smallest absolute Gasteiger partial charge is 0.231 e. The Hall–Kier alpha value is -2.22. The summed E-state index contributed by atoms with van der Waals surface area (Å²) in [5, 5.41) is 14.4. The molecule has 9 heteroatoms. The highest BCUT2D eigenvalue weighted by Gasteiger charge is 2.27. The molecule has 1 unspecified atom stereocenters. The zero-order valence-electron chi connectivity index (χ0n) is 16.7. The van der Waals surface area contributed by atoms with E-state index in [4.69, 9.17) is 27.7 Å². The van der Waals surface area contributed by atoms with Gasteiger partial charge in [0.2, 0.25) is 11.7 Å². The van der Waals surface area contributed by atoms with Crippen LogP contribution in [0.3, 0.4) is 0 Å². The molecule has 30 heavy (non-hydrogen) atoms. The molecule has 1 saturated heterocycles. The van der Waals surface area contributed by atoms with E-state index in [-0.39, 0.29) is 5.92 Å². The molecule has 5 rings (SSSR count). The fourth-order valence-corrected chi connectivity index (χ4v) is 4.57. The van der Waals surface area contributed by atoms with Gasteiger partial charge in [0.25, 0.3) is 0 Å². The van der Waals surface area contributed by atoms with Gasteiger partial charge in [-0.2, -0.15) is 10.1 Å². The minimum absolute atomic E-state index is 0.281. The van der Waals surface area contributed by atoms with Gasteiger partial charge in [0.1, 0.15) is 5.69 Å². The number of benzene rings is 1. The molecule has 0 spiro atoms. The van der Waals surface area contributed by atoms with Gasteiger partial charge in [0, 0.05) is 29.7 Å². The van der Waals surface area contributed by atoms with Crippen LogP contribution in [0.25, 0.3) is 11.5 Å². The fraction of sp³-hybridized carbons (Fsp3) is 0.429. The monoisotopic (exact) mass is 444 g/mol. The van der Waals surface area contributed by atoms with Crippen LogP contribution in [-0.4, -0.2) is 51.9 Å². The second-order valence-corrected chi connectivity index (χ2v) is 8.87. The number of hydrogen-bond acceptors (Lipinski definition) is 7. The second-order valence-electron chi connectivity index (χ2n) is 8.03. The Morgan fingerprint density at radius 1 is 1.17 bits per heavy atom. The number of fused-ring (bicyclic) bond motifs is 1. The van der Waals surface area contributed by atoms with E-state index in [1.807, 2.05) is 18.2 Å². The Kier molecular flexibility index (Phi) is 5.35. The molecule has 3 aromatic rings. The van der Waals surface area contributed by atoms with Crippen molar-refractivity contribution >= 4 is 28.9 Å². The van der Waals surface area contributed by atoms with Gasteiger partial charge in [-0.25, -0.2) is 0 Å². The van der Waals surface area contributed by atoms with Gasteiger partial charge in [0.15, 0.2) is 0 Å². The van der Waals surface area contributed by atoms with E-state index in [0.717, 1.165) is 55.8 Å². The number of likely N-dealkylation sites (tertiary alicyclic amines) is 1. The van der Waals surface area contributed by atoms with Gasteiger partial charge in [0.05, 0.1) is 17.3 Å². The van der Waals surface area contributed by atoms with Crippen molar-refractivity contribution in [2.45, 2.75) is 31.7 Å². The van der Waals surface area contributed by atoms with E-state index in [9.17, 15) is 0 Å². The molecule has 0 radical (unpaired) electrons. The fourth-order valence-electron chi connectivity index (χ4n) is 4.20. The summed E-state index contributed by atoms with van der Waals surface area (Å²) in [7, 11) is 2.10. The topological polar surface area (TPSA) is 71.2 Å². The summed E-state index contributed by atoms with van der Waals surface area (Å²) in [4.78, 5) is 9.15. The highest BCUT2D eigenvalue weighted by atomic mass is 35.5. The predicted octanol–water partition coefficient (Wildman–Crippen LogP) is 4.21. The predicted molar refractivity (Wildman–Crippen MR) is 116 cm³/mol. The average molecular weight is 445 g/mol. The lowest BCUT2D eigenvalue weighted by molar-refractivity contribution is 0.344. The van der Waals surface area contributed by atoms with Crippen molar-refractivity contribution in [1.82, 2.24) is 25.2 Å². The number of anilines is 1. The summed E-state index contributed by atoms with van der Waals surface area (Å²) in [6.45, 7) is 3.55. The van der Waals surface area contributed by atoms with Crippen LogP contribution >= 0.6 is 23.2 Å². The molecule has 156 valence electrons. The molecule has 1 atom stereocenters. The molecular formula is C21H22Cl2N6O. The minimum Gasteiger partial charge on any atom is -0.366 e. The summed E-state index contributed by atoms with van der Waals surface area (Å²) < 4.78 is 5.55. The van der Waals surface area contributed by atoms with Crippen molar-refractivity contribution < 1.29 is 4.52 Å². The van der Waals surface area contributed by atoms with E-state index in [1.165, 1.54) is 0 Å². The van der Waals surface area contributed by atoms with E-state index < -0.39 is 0 Å². The average Bonchev–Trinajstić information content (AvgIpc) is 3.40. The maximum Gasteiger partial charge on any atom is 0.231 e. The summed E-state index contributed by atoms with van der Waals surface area (Å²) >= 11 is 12.6. The molecule has 4 heterocycles. The lowest BCUT2D eigenvalue weighted by Gasteiger charge is -2.30. The third-order valence-corrected chi connectivity index (χ3v) is 6.41. The summed E-state index contributed by atoms with van der Waals surface area (Å²) in [5.74, 6) is 1.45. The quantitative estimate of drug-likeness (QED) is 0.596. The van der Waals surface area contributed by atoms with Gasteiger partial charge in [-0.3, -0.25) is 0 Å². The second kappa shape index (κ2) is 8.13. The third-order valence-electron chi connectivity index (χ3n) is 5.81. The summed E-state index contributed by atoms with van der Waals surface area (Å²) in [6.07, 6.45) is 2.94. The Bertz CT molecular complexity index is 1070. The highest BCUT2D eigenvalue weighted by Crippen LogP contribution is 2.32. The molecule has 7 nitrogen and oxygen atoms in total. The van der Waals surface area contributed by atoms with Crippen LogP contribution in [0.15, 0.2) is 28.8 Å². The normalized spacial score (nSPS) is 19.3. The molecule has 1 aromatic carbocycles. The molecule has 2 aliphatic heterocycles. The van der Waals surface area contributed by atoms with Crippen molar-refractivity contribution in [3.05, 3.63) is 51.5 Å². The molecule has 0 aliphatic carbocycles. The number of likely N-dealkylation sites (N-methyl/N-ethyl adjacent to an activating group) is 1. The molecule has 0 N–H and O–H groups in total. The Morgan fingerprint density at radius 2 is 2.07 bits per heavy atom. The maximum atomic E-state index is 6.40. The van der Waals surface area contributed by atoms with Crippen LogP contribution in [0.5, 0.6) is 0 Å². The maximum absolute atomic E-state index is 6.40. The highest BCUT2D eigenvalue weighted by molar-refractivity contribution is 6.33. The van der Waals surface area contributed by atoms with E-state index >= 15 is 0 Å². The Balaban J connectivity index is 1.43. The van der Waals surface area contributed by atoms with Gasteiger partial charge in [-0.05, 0) is 62.7 Å². The van der Waals surface area contributed by atoms with Gasteiger partial charge >= 0.3 is 0 Å². The summed E-state index contributed by atoms with van der Waals surface area (Å²) in [6, 6.07) is 7.56. The third kappa shape index (κ3) is 3.89. The standard InChI is InChI=1S/C21H22Cl2N6O/c1-28-8-6-13(11-28)21-24-20(27-30-21)18-10-19-17(25-26-18)3-2-7-29(19)12-14-9-15(22)4-5-16(14)23/h4-5,9-10,13H,2-3,6-8,11-12H2,1H3. The first-order valence-corrected chi connectivity index (χ1v) is 10.9. The Morgan fingerprint density at radius 3 is 2.90 bits per heavy atom. The number of aromatic nitrogens is 4. The molecular weight excluding hydrogens is 423 g/mol. The van der Waals surface area contributed by atoms with Crippen LogP contribution in [-0.2, 0) is 13.0 Å². The lowest BCUT2D eigenvalue weighted by atomic mass is 10.1. The van der Waals surface area contributed by atoms with E-state index in [2.05, 4.69) is 37.2 Å². The molecule has 2 aromatic heterocycles. The van der Waals surface area contributed by atoms with E-state index in [1.54, 1.807) is 6.07 Å². The molecule has 2 aliphatic rings. The zero-order chi connectivity index (χ0) is 20.7. The first-order chi connectivity index (χ1) is 14.6. The number of rotatable bonds is 4. The van der Waals surface area contributed by atoms with Crippen molar-refractivity contribution in [2.75, 3.05) is 31.6 Å². The van der Waals surface area contributed by atoms with Crippen LogP contribution in [0.2, 0.25) is 10.0 Å². The SMILES string of the molecule is CN1CCC(c2nc(-c3cc4c(nn3)CCCN4Cc3cc(Cl)ccc3Cl)no2)C1. The number of hydrogen-bond donors (Lipinski definition) is 0. The van der Waals surface area contributed by atoms with Gasteiger partial charge in [-0.1, -0.05) is 28.4 Å². The molecule has 0 amide bonds. The van der Waals surface area contributed by atoms with Gasteiger partial charge in [-0.15, -0.1) is 5.10 Å². The first kappa shape index (κ1) is 19.7. The number of nitrogens with zero attached hydrogens (tertiary/aromatic N) is 6. The Labute approximate surface area is 185 Å². The van der Waals surface area contributed by atoms with Crippen LogP contribution in [0.4, 0.5) is 5.69 Å². The summed E-state index contributed by atoms with van der Waals surface area (Å²) in [5.41, 5.74) is 3.63. The zero-order valence-corrected chi connectivity index (χ0v) is 18.2. The molecule has 0 saturated carbocycles. The number of halogens is 2.